The van der Waals surface area contributed by atoms with Gasteiger partial charge in [-0.05, 0) is 22.0 Å². The lowest BCUT2D eigenvalue weighted by Crippen LogP contribution is -2.01. The molecular formula is C13H13BrClNO3. The van der Waals surface area contributed by atoms with Crippen LogP contribution in [0.15, 0.2) is 33.4 Å². The minimum Gasteiger partial charge on any atom is -0.493 e. The van der Waals surface area contributed by atoms with Crippen molar-refractivity contribution >= 4 is 33.2 Å². The summed E-state index contributed by atoms with van der Waals surface area (Å²) in [6.45, 7) is 0.517. The molecule has 1 N–H and O–H groups in total. The lowest BCUT2D eigenvalue weighted by molar-refractivity contribution is 0.355. The molecule has 1 aromatic heterocycles. The van der Waals surface area contributed by atoms with Crippen LogP contribution >= 0.6 is 27.5 Å². The number of halogens is 2. The molecule has 0 unspecified atom stereocenters. The van der Waals surface area contributed by atoms with E-state index in [-0.39, 0.29) is 0 Å². The van der Waals surface area contributed by atoms with Gasteiger partial charge >= 0.3 is 0 Å². The smallest absolute Gasteiger partial charge is 0.162 e. The monoisotopic (exact) mass is 345 g/mol. The summed E-state index contributed by atoms with van der Waals surface area (Å²) in [5.74, 6) is 2.01. The largest absolute Gasteiger partial charge is 0.493 e. The van der Waals surface area contributed by atoms with Crippen molar-refractivity contribution in [1.29, 1.82) is 0 Å². The summed E-state index contributed by atoms with van der Waals surface area (Å²) < 4.78 is 16.6. The normalized spacial score (nSPS) is 10.3. The van der Waals surface area contributed by atoms with Crippen molar-refractivity contribution in [3.05, 3.63) is 39.7 Å². The minimum atomic E-state index is 0.517. The lowest BCUT2D eigenvalue weighted by Gasteiger charge is -2.12. The maximum Gasteiger partial charge on any atom is 0.162 e. The van der Waals surface area contributed by atoms with E-state index in [9.17, 15) is 0 Å². The summed E-state index contributed by atoms with van der Waals surface area (Å²) in [6.07, 6.45) is 1.62. The third kappa shape index (κ3) is 3.16. The molecule has 0 bridgehead atoms. The second kappa shape index (κ2) is 6.21. The average molecular weight is 347 g/mol. The van der Waals surface area contributed by atoms with Crippen molar-refractivity contribution in [3.8, 4) is 11.5 Å². The number of furan rings is 1. The number of ether oxygens (including phenoxy) is 2. The van der Waals surface area contributed by atoms with E-state index in [2.05, 4.69) is 21.2 Å². The van der Waals surface area contributed by atoms with E-state index in [0.717, 1.165) is 15.9 Å². The maximum absolute atomic E-state index is 6.18. The fraction of sp³-hybridized carbons (Fsp3) is 0.231. The van der Waals surface area contributed by atoms with Crippen LogP contribution in [0.2, 0.25) is 5.02 Å². The van der Waals surface area contributed by atoms with Crippen LogP contribution in [0.25, 0.3) is 0 Å². The number of hydrogen-bond acceptors (Lipinski definition) is 4. The molecular weight excluding hydrogens is 334 g/mol. The van der Waals surface area contributed by atoms with E-state index in [0.29, 0.717) is 23.1 Å². The van der Waals surface area contributed by atoms with Gasteiger partial charge in [-0.2, -0.15) is 0 Å². The van der Waals surface area contributed by atoms with Gasteiger partial charge in [-0.1, -0.05) is 11.6 Å². The molecule has 102 valence electrons. The molecule has 19 heavy (non-hydrogen) atoms. The van der Waals surface area contributed by atoms with Crippen LogP contribution < -0.4 is 14.8 Å². The number of rotatable bonds is 5. The summed E-state index contributed by atoms with van der Waals surface area (Å²) in [4.78, 5) is 0. The highest BCUT2D eigenvalue weighted by Crippen LogP contribution is 2.36. The van der Waals surface area contributed by atoms with E-state index in [1.807, 2.05) is 6.07 Å². The first-order chi connectivity index (χ1) is 9.15. The zero-order valence-corrected chi connectivity index (χ0v) is 12.8. The van der Waals surface area contributed by atoms with Crippen molar-refractivity contribution in [2.45, 2.75) is 6.54 Å². The van der Waals surface area contributed by atoms with Crippen LogP contribution in [-0.4, -0.2) is 14.2 Å². The van der Waals surface area contributed by atoms with Crippen molar-refractivity contribution in [2.75, 3.05) is 19.5 Å². The molecule has 1 aromatic carbocycles. The molecule has 2 rings (SSSR count). The molecule has 0 radical (unpaired) electrons. The van der Waals surface area contributed by atoms with Crippen molar-refractivity contribution in [3.63, 3.8) is 0 Å². The van der Waals surface area contributed by atoms with Gasteiger partial charge in [-0.15, -0.1) is 0 Å². The van der Waals surface area contributed by atoms with Gasteiger partial charge in [0.25, 0.3) is 0 Å². The second-order valence-corrected chi connectivity index (χ2v) is 4.99. The van der Waals surface area contributed by atoms with Crippen LogP contribution in [-0.2, 0) is 6.54 Å². The first-order valence-corrected chi connectivity index (χ1v) is 6.70. The molecule has 0 saturated carbocycles. The zero-order chi connectivity index (χ0) is 13.8. The quantitative estimate of drug-likeness (QED) is 0.875. The summed E-state index contributed by atoms with van der Waals surface area (Å²) in [7, 11) is 3.15. The molecule has 0 aliphatic carbocycles. The number of benzene rings is 1. The zero-order valence-electron chi connectivity index (χ0n) is 10.5. The average Bonchev–Trinajstić information content (AvgIpc) is 2.82. The van der Waals surface area contributed by atoms with Gasteiger partial charge in [0, 0.05) is 12.1 Å². The highest BCUT2D eigenvalue weighted by atomic mass is 79.9. The number of anilines is 1. The highest BCUT2D eigenvalue weighted by molar-refractivity contribution is 9.10. The number of hydrogen-bond donors (Lipinski definition) is 1. The van der Waals surface area contributed by atoms with Crippen molar-refractivity contribution in [2.24, 2.45) is 0 Å². The standard InChI is InChI=1S/C13H13BrClNO3/c1-17-11-5-9(15)10(6-12(11)18-2)16-7-13-8(14)3-4-19-13/h3-6,16H,7H2,1-2H3. The van der Waals surface area contributed by atoms with Crippen LogP contribution in [0, 0.1) is 0 Å². The maximum atomic E-state index is 6.18. The number of nitrogens with one attached hydrogen (secondary N) is 1. The Hall–Kier alpha value is -1.33. The molecule has 0 spiro atoms. The van der Waals surface area contributed by atoms with Crippen LogP contribution in [0.3, 0.4) is 0 Å². The fourth-order valence-corrected chi connectivity index (χ4v) is 2.18. The van der Waals surface area contributed by atoms with Crippen molar-refractivity contribution in [1.82, 2.24) is 0 Å². The van der Waals surface area contributed by atoms with Gasteiger partial charge < -0.3 is 19.2 Å². The Morgan fingerprint density at radius 3 is 2.53 bits per heavy atom. The molecule has 1 heterocycles. The predicted molar refractivity (Wildman–Crippen MR) is 78.3 cm³/mol. The van der Waals surface area contributed by atoms with E-state index >= 15 is 0 Å². The Morgan fingerprint density at radius 2 is 1.95 bits per heavy atom. The van der Waals surface area contributed by atoms with Crippen LogP contribution in [0.1, 0.15) is 5.76 Å². The van der Waals surface area contributed by atoms with Gasteiger partial charge in [-0.3, -0.25) is 0 Å². The molecule has 2 aromatic rings. The molecule has 0 aliphatic rings. The Bertz CT molecular complexity index is 571. The minimum absolute atomic E-state index is 0.517. The van der Waals surface area contributed by atoms with Gasteiger partial charge in [0.1, 0.15) is 5.76 Å². The van der Waals surface area contributed by atoms with Gasteiger partial charge in [0.2, 0.25) is 0 Å². The van der Waals surface area contributed by atoms with Crippen molar-refractivity contribution < 1.29 is 13.9 Å². The van der Waals surface area contributed by atoms with Gasteiger partial charge in [0.05, 0.1) is 42.2 Å². The SMILES string of the molecule is COc1cc(Cl)c(NCc2occc2Br)cc1OC. The first kappa shape index (κ1) is 14.1. The highest BCUT2D eigenvalue weighted by Gasteiger charge is 2.11. The van der Waals surface area contributed by atoms with Crippen LogP contribution in [0.4, 0.5) is 5.69 Å². The van der Waals surface area contributed by atoms with Crippen LogP contribution in [0.5, 0.6) is 11.5 Å². The third-order valence-corrected chi connectivity index (χ3v) is 3.62. The Labute approximate surface area is 124 Å². The summed E-state index contributed by atoms with van der Waals surface area (Å²) >= 11 is 9.57. The molecule has 0 fully saturated rings. The van der Waals surface area contributed by atoms with E-state index in [1.54, 1.807) is 32.6 Å². The fourth-order valence-electron chi connectivity index (χ4n) is 1.62. The summed E-state index contributed by atoms with van der Waals surface area (Å²) in [6, 6.07) is 5.34. The molecule has 6 heteroatoms. The topological polar surface area (TPSA) is 43.6 Å². The summed E-state index contributed by atoms with van der Waals surface area (Å²) in [5.41, 5.74) is 0.752. The summed E-state index contributed by atoms with van der Waals surface area (Å²) in [5, 5.41) is 3.75. The van der Waals surface area contributed by atoms with E-state index in [4.69, 9.17) is 25.5 Å². The molecule has 0 atom stereocenters. The lowest BCUT2D eigenvalue weighted by atomic mass is 10.2. The molecule has 0 saturated heterocycles. The second-order valence-electron chi connectivity index (χ2n) is 3.73. The Balaban J connectivity index is 2.18. The predicted octanol–water partition coefficient (Wildman–Crippen LogP) is 4.32. The van der Waals surface area contributed by atoms with E-state index < -0.39 is 0 Å². The third-order valence-electron chi connectivity index (χ3n) is 2.60. The molecule has 4 nitrogen and oxygen atoms in total. The Kier molecular flexibility index (Phi) is 4.61. The first-order valence-electron chi connectivity index (χ1n) is 5.53. The van der Waals surface area contributed by atoms with E-state index in [1.165, 1.54) is 0 Å². The Morgan fingerprint density at radius 1 is 1.26 bits per heavy atom. The van der Waals surface area contributed by atoms with Gasteiger partial charge in [0.15, 0.2) is 11.5 Å². The molecule has 0 aliphatic heterocycles. The molecule has 0 amide bonds. The van der Waals surface area contributed by atoms with Gasteiger partial charge in [-0.25, -0.2) is 0 Å². The number of methoxy groups -OCH3 is 2.